The molecule has 1 nitrogen and oxygen atoms in total. The van der Waals surface area contributed by atoms with Crippen molar-refractivity contribution < 1.29 is 0 Å². The predicted octanol–water partition coefficient (Wildman–Crippen LogP) is 2.68. The quantitative estimate of drug-likeness (QED) is 0.566. The van der Waals surface area contributed by atoms with Gasteiger partial charge in [0.05, 0.1) is 0 Å². The SMILES string of the molecule is CC/C(C)=C/C(C)(C)N(C)C. The minimum Gasteiger partial charge on any atom is -0.301 e. The first kappa shape index (κ1) is 10.7. The maximum atomic E-state index is 2.33. The van der Waals surface area contributed by atoms with Crippen molar-refractivity contribution in [3.63, 3.8) is 0 Å². The van der Waals surface area contributed by atoms with Crippen LogP contribution in [0.5, 0.6) is 0 Å². The minimum absolute atomic E-state index is 0.195. The van der Waals surface area contributed by atoms with Crippen LogP contribution in [0.3, 0.4) is 0 Å². The molecule has 1 heteroatoms. The summed E-state index contributed by atoms with van der Waals surface area (Å²) in [7, 11) is 4.22. The van der Waals surface area contributed by atoms with Crippen molar-refractivity contribution in [1.82, 2.24) is 4.90 Å². The zero-order chi connectivity index (χ0) is 9.07. The van der Waals surface area contributed by atoms with Crippen LogP contribution in [-0.4, -0.2) is 24.5 Å². The van der Waals surface area contributed by atoms with Gasteiger partial charge in [0.2, 0.25) is 0 Å². The van der Waals surface area contributed by atoms with E-state index in [1.807, 2.05) is 0 Å². The Morgan fingerprint density at radius 1 is 1.36 bits per heavy atom. The molecule has 0 atom stereocenters. The van der Waals surface area contributed by atoms with Crippen molar-refractivity contribution in [3.8, 4) is 0 Å². The van der Waals surface area contributed by atoms with E-state index in [1.54, 1.807) is 0 Å². The number of likely N-dealkylation sites (N-methyl/N-ethyl adjacent to an activating group) is 1. The van der Waals surface area contributed by atoms with Crippen LogP contribution in [-0.2, 0) is 0 Å². The van der Waals surface area contributed by atoms with E-state index in [4.69, 9.17) is 0 Å². The molecule has 0 unspecified atom stereocenters. The van der Waals surface area contributed by atoms with E-state index in [1.165, 1.54) is 5.57 Å². The molecule has 0 aromatic rings. The fourth-order valence-corrected chi connectivity index (χ4v) is 0.834. The molecule has 0 aromatic heterocycles. The topological polar surface area (TPSA) is 3.24 Å². The van der Waals surface area contributed by atoms with Crippen LogP contribution in [0.4, 0.5) is 0 Å². The number of hydrogen-bond donors (Lipinski definition) is 0. The Morgan fingerprint density at radius 2 is 1.82 bits per heavy atom. The third-order valence-corrected chi connectivity index (χ3v) is 2.31. The summed E-state index contributed by atoms with van der Waals surface area (Å²) in [5.41, 5.74) is 1.66. The lowest BCUT2D eigenvalue weighted by atomic mass is 9.99. The fraction of sp³-hybridized carbons (Fsp3) is 0.800. The van der Waals surface area contributed by atoms with Crippen molar-refractivity contribution in [2.75, 3.05) is 14.1 Å². The number of rotatable bonds is 3. The van der Waals surface area contributed by atoms with Gasteiger partial charge in [0, 0.05) is 5.54 Å². The molecule has 0 saturated carbocycles. The highest BCUT2D eigenvalue weighted by Crippen LogP contribution is 2.15. The van der Waals surface area contributed by atoms with Crippen LogP contribution >= 0.6 is 0 Å². The molecule has 0 aliphatic carbocycles. The van der Waals surface area contributed by atoms with Gasteiger partial charge in [-0.2, -0.15) is 0 Å². The van der Waals surface area contributed by atoms with Crippen LogP contribution in [0.25, 0.3) is 0 Å². The standard InChI is InChI=1S/C10H21N/c1-7-9(2)8-10(3,4)11(5)6/h8H,7H2,1-6H3/b9-8+. The largest absolute Gasteiger partial charge is 0.301 e. The second kappa shape index (κ2) is 3.91. The lowest BCUT2D eigenvalue weighted by molar-refractivity contribution is 0.251. The van der Waals surface area contributed by atoms with Crippen LogP contribution in [0.15, 0.2) is 11.6 Å². The molecule has 0 amide bonds. The molecule has 0 aliphatic rings. The molecule has 0 aliphatic heterocycles. The van der Waals surface area contributed by atoms with Crippen LogP contribution in [0, 0.1) is 0 Å². The van der Waals surface area contributed by atoms with E-state index >= 15 is 0 Å². The summed E-state index contributed by atoms with van der Waals surface area (Å²) < 4.78 is 0. The number of allylic oxidation sites excluding steroid dienone is 1. The van der Waals surface area contributed by atoms with Gasteiger partial charge in [-0.1, -0.05) is 18.6 Å². The summed E-state index contributed by atoms with van der Waals surface area (Å²) in [6.45, 7) is 8.83. The number of hydrogen-bond acceptors (Lipinski definition) is 1. The van der Waals surface area contributed by atoms with Crippen LogP contribution < -0.4 is 0 Å². The predicted molar refractivity (Wildman–Crippen MR) is 51.8 cm³/mol. The highest BCUT2D eigenvalue weighted by molar-refractivity contribution is 5.08. The molecule has 0 rings (SSSR count). The molecule has 0 heterocycles. The van der Waals surface area contributed by atoms with Gasteiger partial charge >= 0.3 is 0 Å². The van der Waals surface area contributed by atoms with E-state index in [9.17, 15) is 0 Å². The molecule has 0 bridgehead atoms. The van der Waals surface area contributed by atoms with Gasteiger partial charge in [0.25, 0.3) is 0 Å². The van der Waals surface area contributed by atoms with Gasteiger partial charge in [-0.3, -0.25) is 0 Å². The van der Waals surface area contributed by atoms with Gasteiger partial charge in [-0.25, -0.2) is 0 Å². The van der Waals surface area contributed by atoms with Crippen LogP contribution in [0.2, 0.25) is 0 Å². The van der Waals surface area contributed by atoms with Crippen molar-refractivity contribution in [2.45, 2.75) is 39.7 Å². The highest BCUT2D eigenvalue weighted by atomic mass is 15.1. The van der Waals surface area contributed by atoms with Gasteiger partial charge in [-0.15, -0.1) is 0 Å². The molecule has 0 fully saturated rings. The van der Waals surface area contributed by atoms with Crippen molar-refractivity contribution in [2.24, 2.45) is 0 Å². The summed E-state index contributed by atoms with van der Waals surface area (Å²) >= 11 is 0. The second-order valence-corrected chi connectivity index (χ2v) is 3.89. The summed E-state index contributed by atoms with van der Waals surface area (Å²) in [4.78, 5) is 2.23. The molecule has 0 aromatic carbocycles. The van der Waals surface area contributed by atoms with Gasteiger partial charge in [-0.05, 0) is 41.3 Å². The zero-order valence-corrected chi connectivity index (χ0v) is 8.73. The minimum atomic E-state index is 0.195. The summed E-state index contributed by atoms with van der Waals surface area (Å²) in [5.74, 6) is 0. The first-order valence-corrected chi connectivity index (χ1v) is 4.26. The normalized spacial score (nSPS) is 14.3. The summed E-state index contributed by atoms with van der Waals surface area (Å²) in [6, 6.07) is 0. The number of nitrogens with zero attached hydrogens (tertiary/aromatic N) is 1. The van der Waals surface area contributed by atoms with Crippen LogP contribution in [0.1, 0.15) is 34.1 Å². The molecular formula is C10H21N. The Hall–Kier alpha value is -0.300. The Bertz CT molecular complexity index is 143. The monoisotopic (exact) mass is 155 g/mol. The third kappa shape index (κ3) is 3.57. The maximum absolute atomic E-state index is 2.33. The molecular weight excluding hydrogens is 134 g/mol. The van der Waals surface area contributed by atoms with Gasteiger partial charge < -0.3 is 4.90 Å². The molecule has 0 spiro atoms. The molecule has 0 saturated heterocycles. The first-order valence-electron chi connectivity index (χ1n) is 4.26. The second-order valence-electron chi connectivity index (χ2n) is 3.89. The molecule has 66 valence electrons. The van der Waals surface area contributed by atoms with E-state index in [0.717, 1.165) is 6.42 Å². The lowest BCUT2D eigenvalue weighted by Crippen LogP contribution is -2.36. The Kier molecular flexibility index (Phi) is 3.81. The maximum Gasteiger partial charge on any atom is 0.0331 e. The molecule has 11 heavy (non-hydrogen) atoms. The average molecular weight is 155 g/mol. The smallest absolute Gasteiger partial charge is 0.0331 e. The Morgan fingerprint density at radius 3 is 2.09 bits per heavy atom. The summed E-state index contributed by atoms with van der Waals surface area (Å²) in [6.07, 6.45) is 3.48. The van der Waals surface area contributed by atoms with E-state index in [2.05, 4.69) is 52.8 Å². The highest BCUT2D eigenvalue weighted by Gasteiger charge is 2.16. The van der Waals surface area contributed by atoms with Crippen molar-refractivity contribution in [3.05, 3.63) is 11.6 Å². The molecule has 0 N–H and O–H groups in total. The van der Waals surface area contributed by atoms with E-state index < -0.39 is 0 Å². The van der Waals surface area contributed by atoms with E-state index in [-0.39, 0.29) is 5.54 Å². The summed E-state index contributed by atoms with van der Waals surface area (Å²) in [5, 5.41) is 0. The first-order chi connectivity index (χ1) is 4.90. The lowest BCUT2D eigenvalue weighted by Gasteiger charge is -2.30. The molecule has 0 radical (unpaired) electrons. The fourth-order valence-electron chi connectivity index (χ4n) is 0.834. The van der Waals surface area contributed by atoms with Gasteiger partial charge in [0.15, 0.2) is 0 Å². The zero-order valence-electron chi connectivity index (χ0n) is 8.73. The van der Waals surface area contributed by atoms with Gasteiger partial charge in [0.1, 0.15) is 0 Å². The Labute approximate surface area is 71.1 Å². The third-order valence-electron chi connectivity index (χ3n) is 2.31. The Balaban J connectivity index is 4.33. The van der Waals surface area contributed by atoms with Crippen molar-refractivity contribution in [1.29, 1.82) is 0 Å². The van der Waals surface area contributed by atoms with E-state index in [0.29, 0.717) is 0 Å². The average Bonchev–Trinajstić information content (AvgIpc) is 1.86. The van der Waals surface area contributed by atoms with Crippen molar-refractivity contribution >= 4 is 0 Å².